The molecule has 0 saturated carbocycles. The van der Waals surface area contributed by atoms with Crippen molar-refractivity contribution in [2.75, 3.05) is 11.9 Å². The molecule has 0 fully saturated rings. The summed E-state index contributed by atoms with van der Waals surface area (Å²) in [7, 11) is 0. The zero-order valence-electron chi connectivity index (χ0n) is 13.6. The molecule has 1 aliphatic heterocycles. The summed E-state index contributed by atoms with van der Waals surface area (Å²) in [5.74, 6) is 0.229. The Kier molecular flexibility index (Phi) is 4.10. The summed E-state index contributed by atoms with van der Waals surface area (Å²) in [6.07, 6.45) is 0. The molecule has 128 valence electrons. The number of nitrogens with zero attached hydrogens (tertiary/aromatic N) is 1. The number of urea groups is 1. The van der Waals surface area contributed by atoms with Crippen LogP contribution in [0.4, 0.5) is 10.5 Å². The molecular formula is C19H17Cl2N3O. The molecule has 1 atom stereocenters. The summed E-state index contributed by atoms with van der Waals surface area (Å²) in [6.45, 7) is 3.34. The van der Waals surface area contributed by atoms with Crippen LogP contribution in [0.3, 0.4) is 0 Å². The molecule has 4 nitrogen and oxygen atoms in total. The van der Waals surface area contributed by atoms with Gasteiger partial charge >= 0.3 is 6.03 Å². The summed E-state index contributed by atoms with van der Waals surface area (Å²) in [6, 6.07) is 12.9. The third kappa shape index (κ3) is 3.08. The van der Waals surface area contributed by atoms with Crippen LogP contribution >= 0.6 is 23.2 Å². The Bertz CT molecular complexity index is 949. The molecule has 1 aliphatic rings. The van der Waals surface area contributed by atoms with E-state index in [1.54, 1.807) is 24.3 Å². The first-order valence-electron chi connectivity index (χ1n) is 8.13. The van der Waals surface area contributed by atoms with E-state index in [4.69, 9.17) is 23.2 Å². The molecule has 0 bridgehead atoms. The summed E-state index contributed by atoms with van der Waals surface area (Å²) in [4.78, 5) is 17.9. The number of carbonyl (C=O) groups is 1. The number of amides is 2. The second kappa shape index (κ2) is 6.28. The monoisotopic (exact) mass is 373 g/mol. The van der Waals surface area contributed by atoms with Gasteiger partial charge in [-0.2, -0.15) is 0 Å². The molecule has 2 amide bonds. The highest BCUT2D eigenvalue weighted by Gasteiger charge is 2.29. The van der Waals surface area contributed by atoms with Crippen LogP contribution in [-0.2, 0) is 6.54 Å². The smallest absolute Gasteiger partial charge is 0.322 e. The quantitative estimate of drug-likeness (QED) is 0.570. The minimum absolute atomic E-state index is 0.114. The van der Waals surface area contributed by atoms with E-state index >= 15 is 0 Å². The molecular weight excluding hydrogens is 357 g/mol. The van der Waals surface area contributed by atoms with Gasteiger partial charge in [0.15, 0.2) is 0 Å². The van der Waals surface area contributed by atoms with Crippen LogP contribution in [-0.4, -0.2) is 22.5 Å². The standard InChI is InChI=1S/C19H17Cl2N3O/c1-11-9-24(19(25)22-14-5-2-12(20)3-6-14)10-17-18(11)15-8-13(21)4-7-16(15)23-17/h2-8,11,23H,9-10H2,1H3,(H,22,25). The number of nitrogens with one attached hydrogen (secondary N) is 2. The maximum absolute atomic E-state index is 12.6. The normalized spacial score (nSPS) is 16.8. The minimum Gasteiger partial charge on any atom is -0.357 e. The highest BCUT2D eigenvalue weighted by Crippen LogP contribution is 2.35. The first-order valence-corrected chi connectivity index (χ1v) is 8.88. The van der Waals surface area contributed by atoms with E-state index < -0.39 is 0 Å². The highest BCUT2D eigenvalue weighted by atomic mass is 35.5. The number of aromatic nitrogens is 1. The Balaban J connectivity index is 1.59. The van der Waals surface area contributed by atoms with E-state index in [-0.39, 0.29) is 11.9 Å². The average molecular weight is 374 g/mol. The number of carbonyl (C=O) groups excluding carboxylic acids is 1. The van der Waals surface area contributed by atoms with Crippen LogP contribution in [0.2, 0.25) is 10.0 Å². The number of hydrogen-bond donors (Lipinski definition) is 2. The van der Waals surface area contributed by atoms with E-state index in [1.807, 2.05) is 23.1 Å². The van der Waals surface area contributed by atoms with Gasteiger partial charge in [0, 0.05) is 44.8 Å². The molecule has 4 rings (SSSR count). The van der Waals surface area contributed by atoms with Crippen molar-refractivity contribution in [1.29, 1.82) is 0 Å². The van der Waals surface area contributed by atoms with Gasteiger partial charge in [-0.15, -0.1) is 0 Å². The van der Waals surface area contributed by atoms with Crippen molar-refractivity contribution in [3.63, 3.8) is 0 Å². The summed E-state index contributed by atoms with van der Waals surface area (Å²) >= 11 is 12.0. The molecule has 1 unspecified atom stereocenters. The Hall–Kier alpha value is -2.17. The van der Waals surface area contributed by atoms with Crippen molar-refractivity contribution in [3.8, 4) is 0 Å². The van der Waals surface area contributed by atoms with E-state index in [0.29, 0.717) is 18.1 Å². The zero-order valence-corrected chi connectivity index (χ0v) is 15.2. The summed E-state index contributed by atoms with van der Waals surface area (Å²) < 4.78 is 0. The first kappa shape index (κ1) is 16.3. The number of fused-ring (bicyclic) bond motifs is 3. The maximum Gasteiger partial charge on any atom is 0.322 e. The van der Waals surface area contributed by atoms with Crippen LogP contribution in [0.5, 0.6) is 0 Å². The van der Waals surface area contributed by atoms with Crippen LogP contribution in [0.1, 0.15) is 24.1 Å². The molecule has 25 heavy (non-hydrogen) atoms. The lowest BCUT2D eigenvalue weighted by atomic mass is 9.93. The van der Waals surface area contributed by atoms with Crippen LogP contribution < -0.4 is 5.32 Å². The van der Waals surface area contributed by atoms with Gasteiger partial charge in [-0.1, -0.05) is 30.1 Å². The number of halogens is 2. The SMILES string of the molecule is CC1CN(C(=O)Nc2ccc(Cl)cc2)Cc2[nH]c3ccc(Cl)cc3c21. The maximum atomic E-state index is 12.6. The lowest BCUT2D eigenvalue weighted by molar-refractivity contribution is 0.200. The molecule has 3 aromatic rings. The molecule has 2 heterocycles. The largest absolute Gasteiger partial charge is 0.357 e. The average Bonchev–Trinajstić information content (AvgIpc) is 2.95. The molecule has 0 aliphatic carbocycles. The Morgan fingerprint density at radius 1 is 1.16 bits per heavy atom. The van der Waals surface area contributed by atoms with Gasteiger partial charge < -0.3 is 15.2 Å². The molecule has 0 spiro atoms. The van der Waals surface area contributed by atoms with E-state index in [2.05, 4.69) is 17.2 Å². The van der Waals surface area contributed by atoms with E-state index in [0.717, 1.165) is 27.3 Å². The third-order valence-electron chi connectivity index (χ3n) is 4.60. The number of benzene rings is 2. The van der Waals surface area contributed by atoms with Crippen LogP contribution in [0, 0.1) is 0 Å². The molecule has 0 radical (unpaired) electrons. The van der Waals surface area contributed by atoms with Gasteiger partial charge in [0.05, 0.1) is 6.54 Å². The number of aromatic amines is 1. The fourth-order valence-corrected chi connectivity index (χ4v) is 3.79. The first-order chi connectivity index (χ1) is 12.0. The van der Waals surface area contributed by atoms with Gasteiger partial charge in [0.1, 0.15) is 0 Å². The number of anilines is 1. The van der Waals surface area contributed by atoms with Crippen LogP contribution in [0.25, 0.3) is 10.9 Å². The molecule has 0 saturated heterocycles. The second-order valence-corrected chi connectivity index (χ2v) is 7.30. The number of H-pyrrole nitrogens is 1. The van der Waals surface area contributed by atoms with Crippen molar-refractivity contribution < 1.29 is 4.79 Å². The van der Waals surface area contributed by atoms with Crippen molar-refractivity contribution in [3.05, 3.63) is 63.8 Å². The van der Waals surface area contributed by atoms with Gasteiger partial charge in [-0.05, 0) is 48.0 Å². The van der Waals surface area contributed by atoms with Gasteiger partial charge in [-0.25, -0.2) is 4.79 Å². The minimum atomic E-state index is -0.114. The fourth-order valence-electron chi connectivity index (χ4n) is 3.50. The van der Waals surface area contributed by atoms with Crippen molar-refractivity contribution in [1.82, 2.24) is 9.88 Å². The summed E-state index contributed by atoms with van der Waals surface area (Å²) in [5.41, 5.74) is 4.12. The van der Waals surface area contributed by atoms with Gasteiger partial charge in [-0.3, -0.25) is 0 Å². The van der Waals surface area contributed by atoms with Gasteiger partial charge in [0.25, 0.3) is 0 Å². The van der Waals surface area contributed by atoms with E-state index in [9.17, 15) is 4.79 Å². The Morgan fingerprint density at radius 2 is 1.88 bits per heavy atom. The lowest BCUT2D eigenvalue weighted by Crippen LogP contribution is -2.40. The number of hydrogen-bond acceptors (Lipinski definition) is 1. The van der Waals surface area contributed by atoms with Crippen molar-refractivity contribution >= 4 is 45.8 Å². The van der Waals surface area contributed by atoms with Crippen LogP contribution in [0.15, 0.2) is 42.5 Å². The molecule has 2 aromatic carbocycles. The van der Waals surface area contributed by atoms with E-state index in [1.165, 1.54) is 5.56 Å². The molecule has 2 N–H and O–H groups in total. The summed E-state index contributed by atoms with van der Waals surface area (Å²) in [5, 5.41) is 5.44. The molecule has 6 heteroatoms. The predicted octanol–water partition coefficient (Wildman–Crippen LogP) is 5.63. The van der Waals surface area contributed by atoms with Crippen molar-refractivity contribution in [2.45, 2.75) is 19.4 Å². The number of rotatable bonds is 1. The molecule has 1 aromatic heterocycles. The lowest BCUT2D eigenvalue weighted by Gasteiger charge is -2.31. The Labute approximate surface area is 155 Å². The van der Waals surface area contributed by atoms with Crippen molar-refractivity contribution in [2.24, 2.45) is 0 Å². The third-order valence-corrected chi connectivity index (χ3v) is 5.09. The Morgan fingerprint density at radius 3 is 2.64 bits per heavy atom. The highest BCUT2D eigenvalue weighted by molar-refractivity contribution is 6.31. The predicted molar refractivity (Wildman–Crippen MR) is 103 cm³/mol. The topological polar surface area (TPSA) is 48.1 Å². The van der Waals surface area contributed by atoms with Gasteiger partial charge in [0.2, 0.25) is 0 Å². The second-order valence-electron chi connectivity index (χ2n) is 6.43. The fraction of sp³-hybridized carbons (Fsp3) is 0.211. The zero-order chi connectivity index (χ0) is 17.6.